The van der Waals surface area contributed by atoms with Gasteiger partial charge in [0.25, 0.3) is 0 Å². The largest absolute Gasteiger partial charge is 0.545 e. The molecule has 1 aromatic rings. The summed E-state index contributed by atoms with van der Waals surface area (Å²) in [5.74, 6) is -0.681. The number of fused-ring (bicyclic) bond motifs is 1. The van der Waals surface area contributed by atoms with Crippen LogP contribution in [0.25, 0.3) is 6.08 Å². The van der Waals surface area contributed by atoms with E-state index in [4.69, 9.17) is 0 Å². The molecule has 88 valence electrons. The molecule has 0 saturated heterocycles. The minimum Gasteiger partial charge on any atom is -0.545 e. The molecule has 1 N–H and O–H groups in total. The normalized spacial score (nSPS) is 15.1. The molecule has 5 nitrogen and oxygen atoms in total. The van der Waals surface area contributed by atoms with Crippen LogP contribution in [0.2, 0.25) is 0 Å². The molecule has 1 amide bonds. The van der Waals surface area contributed by atoms with Crippen molar-refractivity contribution < 1.29 is 14.7 Å². The van der Waals surface area contributed by atoms with Crippen molar-refractivity contribution in [1.82, 2.24) is 4.98 Å². The zero-order chi connectivity index (χ0) is 12.4. The van der Waals surface area contributed by atoms with Gasteiger partial charge in [0.05, 0.1) is 5.97 Å². The van der Waals surface area contributed by atoms with Crippen LogP contribution >= 0.6 is 0 Å². The van der Waals surface area contributed by atoms with Crippen LogP contribution in [-0.4, -0.2) is 16.9 Å². The predicted octanol–water partition coefficient (Wildman–Crippen LogP) is 0.119. The second-order valence-electron chi connectivity index (χ2n) is 3.94. The van der Waals surface area contributed by atoms with E-state index in [9.17, 15) is 14.7 Å². The molecule has 0 fully saturated rings. The summed E-state index contributed by atoms with van der Waals surface area (Å²) in [6.45, 7) is 1.47. The third-order valence-electron chi connectivity index (χ3n) is 2.57. The Hall–Kier alpha value is -2.17. The zero-order valence-corrected chi connectivity index (χ0v) is 9.32. The molecule has 0 aliphatic carbocycles. The first kappa shape index (κ1) is 11.3. The van der Waals surface area contributed by atoms with E-state index < -0.39 is 5.97 Å². The number of aromatic nitrogens is 1. The second-order valence-corrected chi connectivity index (χ2v) is 3.94. The van der Waals surface area contributed by atoms with Gasteiger partial charge in [0.1, 0.15) is 5.82 Å². The van der Waals surface area contributed by atoms with Gasteiger partial charge in [-0.3, -0.25) is 4.79 Å². The molecule has 0 spiro atoms. The Morgan fingerprint density at radius 3 is 3.00 bits per heavy atom. The van der Waals surface area contributed by atoms with Gasteiger partial charge in [-0.2, -0.15) is 0 Å². The molecule has 0 bridgehead atoms. The number of carbonyl (C=O) groups is 2. The fourth-order valence-electron chi connectivity index (χ4n) is 1.66. The molecule has 0 aromatic carbocycles. The maximum absolute atomic E-state index is 11.1. The molecule has 2 rings (SSSR count). The van der Waals surface area contributed by atoms with Gasteiger partial charge in [-0.15, -0.1) is 0 Å². The first-order valence-electron chi connectivity index (χ1n) is 5.24. The number of nitrogens with one attached hydrogen (secondary N) is 1. The van der Waals surface area contributed by atoms with Gasteiger partial charge in [-0.1, -0.05) is 0 Å². The Bertz CT molecular complexity index is 520. The first-order chi connectivity index (χ1) is 8.06. The standard InChI is InChI=1S/C12H12N2O3/c1-7(12(16)17)4-8-5-9-2-3-10(15)14-11(9)13-6-8/h4-6H,2-3H2,1H3,(H,16,17)(H,13,14,15)/p-1/b7-4+. The quantitative estimate of drug-likeness (QED) is 0.733. The van der Waals surface area contributed by atoms with Crippen molar-refractivity contribution >= 4 is 23.8 Å². The van der Waals surface area contributed by atoms with E-state index in [0.29, 0.717) is 24.2 Å². The summed E-state index contributed by atoms with van der Waals surface area (Å²) in [4.78, 5) is 25.8. The number of anilines is 1. The third kappa shape index (κ3) is 2.50. The van der Waals surface area contributed by atoms with Crippen LogP contribution in [0.5, 0.6) is 0 Å². The average molecular weight is 231 g/mol. The van der Waals surface area contributed by atoms with Gasteiger partial charge in [0.15, 0.2) is 0 Å². The highest BCUT2D eigenvalue weighted by molar-refractivity contribution is 5.93. The summed E-state index contributed by atoms with van der Waals surface area (Å²) in [6.07, 6.45) is 4.08. The number of pyridine rings is 1. The van der Waals surface area contributed by atoms with E-state index in [-0.39, 0.29) is 11.5 Å². The number of carboxylic acids is 1. The lowest BCUT2D eigenvalue weighted by Gasteiger charge is -2.15. The van der Waals surface area contributed by atoms with E-state index in [1.807, 2.05) is 6.07 Å². The average Bonchev–Trinajstić information content (AvgIpc) is 2.29. The number of hydrogen-bond donors (Lipinski definition) is 1. The van der Waals surface area contributed by atoms with E-state index in [2.05, 4.69) is 10.3 Å². The smallest absolute Gasteiger partial charge is 0.225 e. The molecule has 0 radical (unpaired) electrons. The first-order valence-corrected chi connectivity index (χ1v) is 5.24. The van der Waals surface area contributed by atoms with Crippen LogP contribution in [0.3, 0.4) is 0 Å². The van der Waals surface area contributed by atoms with Crippen molar-refractivity contribution in [3.63, 3.8) is 0 Å². The lowest BCUT2D eigenvalue weighted by molar-refractivity contribution is -0.299. The van der Waals surface area contributed by atoms with Crippen molar-refractivity contribution in [3.05, 3.63) is 29.0 Å². The van der Waals surface area contributed by atoms with Crippen LogP contribution in [0.4, 0.5) is 5.82 Å². The van der Waals surface area contributed by atoms with Gasteiger partial charge in [0, 0.05) is 12.6 Å². The SMILES string of the molecule is C/C(=C\c1cnc2c(c1)CCC(=O)N2)C(=O)[O-]. The van der Waals surface area contributed by atoms with Crippen LogP contribution in [-0.2, 0) is 16.0 Å². The lowest BCUT2D eigenvalue weighted by atomic mass is 10.0. The Labute approximate surface area is 98.2 Å². The van der Waals surface area contributed by atoms with Crippen LogP contribution in [0.15, 0.2) is 17.8 Å². The van der Waals surface area contributed by atoms with Gasteiger partial charge in [-0.05, 0) is 42.2 Å². The maximum Gasteiger partial charge on any atom is 0.225 e. The molecule has 0 unspecified atom stereocenters. The van der Waals surface area contributed by atoms with Crippen LogP contribution < -0.4 is 10.4 Å². The summed E-state index contributed by atoms with van der Waals surface area (Å²) in [5.41, 5.74) is 1.76. The van der Waals surface area contributed by atoms with Crippen LogP contribution in [0.1, 0.15) is 24.5 Å². The lowest BCUT2D eigenvalue weighted by Crippen LogP contribution is -2.23. The summed E-state index contributed by atoms with van der Waals surface area (Å²) in [6, 6.07) is 1.83. The van der Waals surface area contributed by atoms with Crippen molar-refractivity contribution in [3.8, 4) is 0 Å². The van der Waals surface area contributed by atoms with Crippen molar-refractivity contribution in [2.45, 2.75) is 19.8 Å². The van der Waals surface area contributed by atoms with Gasteiger partial charge < -0.3 is 15.2 Å². The Morgan fingerprint density at radius 1 is 1.53 bits per heavy atom. The minimum absolute atomic E-state index is 0.0424. The highest BCUT2D eigenvalue weighted by Gasteiger charge is 2.15. The molecule has 1 aromatic heterocycles. The van der Waals surface area contributed by atoms with E-state index in [0.717, 1.165) is 5.56 Å². The Kier molecular flexibility index (Phi) is 2.91. The molecule has 5 heteroatoms. The minimum atomic E-state index is -1.20. The molecule has 1 aliphatic rings. The number of aliphatic carboxylic acids is 1. The number of aryl methyl sites for hydroxylation is 1. The summed E-state index contributed by atoms with van der Waals surface area (Å²) >= 11 is 0. The van der Waals surface area contributed by atoms with E-state index in [1.165, 1.54) is 19.2 Å². The van der Waals surface area contributed by atoms with Crippen molar-refractivity contribution in [2.24, 2.45) is 0 Å². The summed E-state index contributed by atoms with van der Waals surface area (Å²) in [5, 5.41) is 13.2. The Balaban J connectivity index is 2.31. The number of amides is 1. The van der Waals surface area contributed by atoms with Gasteiger partial charge >= 0.3 is 0 Å². The summed E-state index contributed by atoms with van der Waals surface area (Å²) < 4.78 is 0. The molecular weight excluding hydrogens is 220 g/mol. The second kappa shape index (κ2) is 4.37. The highest BCUT2D eigenvalue weighted by atomic mass is 16.4. The fourth-order valence-corrected chi connectivity index (χ4v) is 1.66. The molecule has 17 heavy (non-hydrogen) atoms. The molecule has 0 atom stereocenters. The zero-order valence-electron chi connectivity index (χ0n) is 9.32. The van der Waals surface area contributed by atoms with Crippen molar-refractivity contribution in [1.29, 1.82) is 0 Å². The number of carbonyl (C=O) groups excluding carboxylic acids is 2. The molecule has 0 saturated carbocycles. The maximum atomic E-state index is 11.1. The van der Waals surface area contributed by atoms with Gasteiger partial charge in [0.2, 0.25) is 5.91 Å². The summed E-state index contributed by atoms with van der Waals surface area (Å²) in [7, 11) is 0. The van der Waals surface area contributed by atoms with E-state index in [1.54, 1.807) is 0 Å². The van der Waals surface area contributed by atoms with E-state index >= 15 is 0 Å². The van der Waals surface area contributed by atoms with Gasteiger partial charge in [-0.25, -0.2) is 4.98 Å². The molecule has 1 aliphatic heterocycles. The third-order valence-corrected chi connectivity index (χ3v) is 2.57. The van der Waals surface area contributed by atoms with Crippen LogP contribution in [0, 0.1) is 0 Å². The highest BCUT2D eigenvalue weighted by Crippen LogP contribution is 2.21. The monoisotopic (exact) mass is 231 g/mol. The molecule has 2 heterocycles. The number of nitrogens with zero attached hydrogens (tertiary/aromatic N) is 1. The molecular formula is C12H11N2O3-. The number of hydrogen-bond acceptors (Lipinski definition) is 4. The predicted molar refractivity (Wildman–Crippen MR) is 59.8 cm³/mol. The van der Waals surface area contributed by atoms with Crippen molar-refractivity contribution in [2.75, 3.05) is 5.32 Å². The fraction of sp³-hybridized carbons (Fsp3) is 0.250. The topological polar surface area (TPSA) is 82.1 Å². The Morgan fingerprint density at radius 2 is 2.29 bits per heavy atom. The number of carboxylic acid groups (broad SMARTS) is 1. The number of rotatable bonds is 2.